The Morgan fingerprint density at radius 3 is 1.10 bits per heavy atom. The van der Waals surface area contributed by atoms with E-state index in [1.54, 1.807) is 32.4 Å². The average molecular weight is 1680 g/mol. The molecular weight excluding hydrogens is 1560 g/mol. The van der Waals surface area contributed by atoms with Crippen molar-refractivity contribution in [3.63, 3.8) is 0 Å². The number of aryl methyl sites for hydroxylation is 11. The molecule has 0 amide bonds. The first kappa shape index (κ1) is 67.1. The van der Waals surface area contributed by atoms with E-state index in [0.717, 1.165) is 192 Å². The summed E-state index contributed by atoms with van der Waals surface area (Å²) in [5.74, 6) is 1.48. The highest BCUT2D eigenvalue weighted by Crippen LogP contribution is 2.56. The van der Waals surface area contributed by atoms with Crippen LogP contribution in [0.1, 0.15) is 206 Å². The number of rotatable bonds is 3. The van der Waals surface area contributed by atoms with Crippen molar-refractivity contribution in [1.29, 1.82) is 0 Å². The monoisotopic (exact) mass is 1680 g/mol. The Balaban J connectivity index is 0.000000103. The van der Waals surface area contributed by atoms with Crippen LogP contribution < -0.4 is 18.3 Å². The predicted molar refractivity (Wildman–Crippen MR) is 516 cm³/mol. The number of benzene rings is 9. The number of nitrogens with zero attached hydrogens (tertiary/aromatic N) is 16. The summed E-state index contributed by atoms with van der Waals surface area (Å²) in [6.45, 7) is 24.8. The molecule has 16 heterocycles. The minimum atomic E-state index is -2.34. The summed E-state index contributed by atoms with van der Waals surface area (Å²) in [6, 6.07) is 63.5. The summed E-state index contributed by atoms with van der Waals surface area (Å²) < 4.78 is 121. The summed E-state index contributed by atoms with van der Waals surface area (Å²) in [5.41, 5.74) is 38.6. The van der Waals surface area contributed by atoms with Gasteiger partial charge in [-0.2, -0.15) is 0 Å². The molecule has 4 aliphatic heterocycles. The standard InChI is InChI=1S/C30H33N4.C29H25N4.C27H29N4.C25H25N4/c1-18-15-16-23-27-25(18)28-26(24(19(2)17-32(28)5)20-11-7-6-8-12-20)30(3,4)34(27)29-31-21-13-9-10-14-22(21)33(23)29;1-18-14-15-24-27-25(18)26-21(16-20(17-31(26)4)19-10-6-5-7-11-19)29(2,3)33(27)28-30-22-12-8-9-13-23(22)32(24)28;1-15(2)21-17(4)14-29(7)25-22-16(3)12-13-20-24(22)31(27(5,6)23(21)25)26-28-18-10-8-9-11-19(18)30(20)26;1-14-11-12-19-22-20(14)23-21(16(3)15(2)13-27(23)6)25(4,5)29(22)24-26-17-9-7-8-10-18(17)28(19)24/h9-10,13-17,20H,6-8,11-12H2,1-5H3;5-17H,1-4H3;8-15H,1-7H3;7-13H,1-6H3/q4*+1/i2D3,20D;;4D3,15D;2D3. The first-order valence-corrected chi connectivity index (χ1v) is 44.7. The van der Waals surface area contributed by atoms with Gasteiger partial charge in [-0.3, -0.25) is 35.9 Å². The molecule has 632 valence electrons. The minimum absolute atomic E-state index is 0.233. The molecule has 0 unspecified atom stereocenters. The van der Waals surface area contributed by atoms with Crippen molar-refractivity contribution >= 4 is 111 Å². The molecule has 26 rings (SSSR count). The van der Waals surface area contributed by atoms with Gasteiger partial charge < -0.3 is 0 Å². The number of fused-ring (bicyclic) bond motifs is 28. The Morgan fingerprint density at radius 1 is 0.354 bits per heavy atom. The summed E-state index contributed by atoms with van der Waals surface area (Å²) in [7, 11) is 8.02. The maximum Gasteiger partial charge on any atom is 0.220 e. The van der Waals surface area contributed by atoms with Gasteiger partial charge in [0.05, 0.1) is 155 Å². The molecule has 127 heavy (non-hydrogen) atoms. The average Bonchev–Trinajstić information content (AvgIpc) is 1.50. The number of hydrogen-bond donors (Lipinski definition) is 0. The van der Waals surface area contributed by atoms with E-state index in [1.165, 1.54) is 44.5 Å². The summed E-state index contributed by atoms with van der Waals surface area (Å²) in [5, 5.41) is 0. The fourth-order valence-corrected chi connectivity index (χ4v) is 23.7. The topological polar surface area (TPSA) is 104 Å². The lowest BCUT2D eigenvalue weighted by Gasteiger charge is -2.38. The second kappa shape index (κ2) is 27.1. The molecule has 0 spiro atoms. The Morgan fingerprint density at radius 2 is 0.693 bits per heavy atom. The second-order valence-electron chi connectivity index (χ2n) is 38.7. The molecule has 16 heteroatoms. The normalized spacial score (nSPS) is 17.4. The quantitative estimate of drug-likeness (QED) is 0.164. The second-order valence-corrected chi connectivity index (χ2v) is 38.7. The van der Waals surface area contributed by atoms with Crippen LogP contribution in [0.2, 0.25) is 0 Å². The van der Waals surface area contributed by atoms with Gasteiger partial charge in [0, 0.05) is 37.3 Å². The van der Waals surface area contributed by atoms with Crippen molar-refractivity contribution in [1.82, 2.24) is 55.8 Å². The molecule has 0 radical (unpaired) electrons. The maximum atomic E-state index is 9.78. The Labute approximate surface area is 756 Å². The predicted octanol–water partition coefficient (Wildman–Crippen LogP) is 23.4. The lowest BCUT2D eigenvalue weighted by molar-refractivity contribution is -0.661. The van der Waals surface area contributed by atoms with E-state index in [-0.39, 0.29) is 11.1 Å². The van der Waals surface area contributed by atoms with E-state index >= 15 is 0 Å². The molecule has 5 aliphatic rings. The molecule has 12 aromatic heterocycles. The zero-order valence-electron chi connectivity index (χ0n) is 86.8. The first-order valence-electron chi connectivity index (χ1n) is 50.2. The number of para-hydroxylation sites is 8. The fraction of sp³-hybridized carbons (Fsp3) is 0.297. The Hall–Kier alpha value is -13.3. The summed E-state index contributed by atoms with van der Waals surface area (Å²) in [6.07, 6.45) is 11.9. The molecule has 1 fully saturated rings. The van der Waals surface area contributed by atoms with Gasteiger partial charge in [-0.1, -0.05) is 136 Å². The third kappa shape index (κ3) is 10.5. The molecule has 0 bridgehead atoms. The van der Waals surface area contributed by atoms with Crippen molar-refractivity contribution in [2.45, 2.75) is 190 Å². The molecular formula is C111H112N16+4. The molecule has 0 saturated heterocycles. The largest absolute Gasteiger partial charge is 0.299 e. The van der Waals surface area contributed by atoms with Crippen molar-refractivity contribution < 1.29 is 33.3 Å². The molecule has 21 aromatic rings. The van der Waals surface area contributed by atoms with Crippen LogP contribution in [0, 0.1) is 55.2 Å². The highest BCUT2D eigenvalue weighted by Gasteiger charge is 2.50. The molecule has 0 N–H and O–H groups in total. The SMILES string of the molecule is Cc1ccc2c3c1-c1c(cc(-c4ccccc4)c[n+]1C)C(C)(C)n3c1nc3ccccc3n21.[2H]C([2H])([2H])c1c[n+](C)c2c(c1C([2H])(C)C)C(C)(C)n1c3c-2c(C)ccc3n2c3ccccc3nc12.[2H]C([2H])([2H])c1c[n+](C)c2c(c1C)C(C)(C)n1c3c-2c(C)ccc3n2c3ccccc3nc12.[2H]C([2H])([2H])c1c[n+](C)c2c(c1C1([2H])CCCCC1)C(C)(C)n1c3c-2c(C)ccc3n2c3ccccc3nc12. The Kier molecular flexibility index (Phi) is 14.3. The highest BCUT2D eigenvalue weighted by atomic mass is 15.3. The van der Waals surface area contributed by atoms with Crippen molar-refractivity contribution in [2.75, 3.05) is 0 Å². The van der Waals surface area contributed by atoms with Gasteiger partial charge in [0.2, 0.25) is 45.9 Å². The van der Waals surface area contributed by atoms with Gasteiger partial charge in [0.1, 0.15) is 28.2 Å². The van der Waals surface area contributed by atoms with E-state index in [9.17, 15) is 1.37 Å². The zero-order chi connectivity index (χ0) is 97.2. The lowest BCUT2D eigenvalue weighted by atomic mass is 9.73. The van der Waals surface area contributed by atoms with E-state index < -0.39 is 49.0 Å². The highest BCUT2D eigenvalue weighted by molar-refractivity contribution is 6.06. The van der Waals surface area contributed by atoms with E-state index in [0.29, 0.717) is 35.1 Å². The number of imidazole rings is 8. The van der Waals surface area contributed by atoms with Gasteiger partial charge in [0.15, 0.2) is 24.8 Å². The van der Waals surface area contributed by atoms with Crippen molar-refractivity contribution in [3.05, 3.63) is 285 Å². The van der Waals surface area contributed by atoms with Gasteiger partial charge in [-0.25, -0.2) is 38.2 Å². The van der Waals surface area contributed by atoms with Crippen LogP contribution in [0.5, 0.6) is 0 Å². The number of aromatic nitrogens is 16. The van der Waals surface area contributed by atoms with Crippen LogP contribution in [0.25, 0.3) is 168 Å². The van der Waals surface area contributed by atoms with E-state index in [4.69, 9.17) is 33.6 Å². The maximum absolute atomic E-state index is 9.78. The first-order chi connectivity index (χ1) is 65.2. The smallest absolute Gasteiger partial charge is 0.220 e. The fourth-order valence-electron chi connectivity index (χ4n) is 23.7. The molecule has 1 aliphatic carbocycles. The van der Waals surface area contributed by atoms with Crippen LogP contribution in [0.3, 0.4) is 0 Å². The lowest BCUT2D eigenvalue weighted by Crippen LogP contribution is -2.42. The third-order valence-corrected chi connectivity index (χ3v) is 29.2. The molecule has 9 aromatic carbocycles. The Bertz CT molecular complexity index is 8940. The molecule has 1 saturated carbocycles. The van der Waals surface area contributed by atoms with Crippen LogP contribution in [-0.4, -0.2) is 55.8 Å². The van der Waals surface area contributed by atoms with Crippen molar-refractivity contribution in [3.8, 4) is 56.2 Å². The van der Waals surface area contributed by atoms with Crippen LogP contribution in [0.4, 0.5) is 0 Å². The van der Waals surface area contributed by atoms with Crippen LogP contribution >= 0.6 is 0 Å². The van der Waals surface area contributed by atoms with Gasteiger partial charge in [0.25, 0.3) is 0 Å². The van der Waals surface area contributed by atoms with Gasteiger partial charge in [-0.15, -0.1) is 0 Å². The van der Waals surface area contributed by atoms with Crippen LogP contribution in [0.15, 0.2) is 207 Å². The van der Waals surface area contributed by atoms with Gasteiger partial charge in [-0.05, 0) is 259 Å². The summed E-state index contributed by atoms with van der Waals surface area (Å²) >= 11 is 0. The number of pyridine rings is 4. The van der Waals surface area contributed by atoms with E-state index in [1.807, 2.05) is 96.4 Å². The zero-order valence-corrected chi connectivity index (χ0v) is 75.8. The van der Waals surface area contributed by atoms with Crippen molar-refractivity contribution in [2.24, 2.45) is 28.2 Å². The third-order valence-electron chi connectivity index (χ3n) is 29.2. The number of hydrogen-bond acceptors (Lipinski definition) is 4. The minimum Gasteiger partial charge on any atom is -0.299 e. The van der Waals surface area contributed by atoms with Gasteiger partial charge >= 0.3 is 0 Å². The van der Waals surface area contributed by atoms with Crippen LogP contribution in [-0.2, 0) is 50.3 Å². The molecule has 16 nitrogen and oxygen atoms in total. The molecule has 0 atom stereocenters. The van der Waals surface area contributed by atoms with E-state index in [2.05, 4.69) is 264 Å². The summed E-state index contributed by atoms with van der Waals surface area (Å²) in [4.78, 5) is 20.3.